The van der Waals surface area contributed by atoms with Crippen LogP contribution in [0.5, 0.6) is 0 Å². The molecule has 2 aromatic rings. The van der Waals surface area contributed by atoms with Gasteiger partial charge < -0.3 is 5.73 Å². The van der Waals surface area contributed by atoms with Gasteiger partial charge in [-0.15, -0.1) is 11.3 Å². The highest BCUT2D eigenvalue weighted by Crippen LogP contribution is 2.22. The normalized spacial score (nSPS) is 13.2. The minimum Gasteiger partial charge on any atom is -0.324 e. The number of nitrogens with two attached hydrogens (primary N) is 1. The highest BCUT2D eigenvalue weighted by Gasteiger charge is 2.17. The quantitative estimate of drug-likeness (QED) is 0.906. The van der Waals surface area contributed by atoms with E-state index in [2.05, 4.69) is 9.71 Å². The van der Waals surface area contributed by atoms with Crippen LogP contribution < -0.4 is 10.5 Å². The molecule has 0 saturated carbocycles. The molecular formula is C12H15N3O2S2. The molecule has 0 amide bonds. The first-order valence-corrected chi connectivity index (χ1v) is 7.99. The van der Waals surface area contributed by atoms with Gasteiger partial charge in [-0.3, -0.25) is 4.72 Å². The van der Waals surface area contributed by atoms with Crippen LogP contribution in [0.3, 0.4) is 0 Å². The van der Waals surface area contributed by atoms with Gasteiger partial charge in [0.05, 0.1) is 11.2 Å². The largest absolute Gasteiger partial charge is 0.324 e. The van der Waals surface area contributed by atoms with Crippen LogP contribution in [0.15, 0.2) is 34.7 Å². The summed E-state index contributed by atoms with van der Waals surface area (Å²) in [7, 11) is -3.55. The molecule has 0 aliphatic carbocycles. The van der Waals surface area contributed by atoms with E-state index in [0.717, 1.165) is 16.9 Å². The topological polar surface area (TPSA) is 85.1 Å². The number of aromatic nitrogens is 1. The van der Waals surface area contributed by atoms with Crippen molar-refractivity contribution in [2.75, 3.05) is 4.72 Å². The second-order valence-corrected chi connectivity index (χ2v) is 7.36. The summed E-state index contributed by atoms with van der Waals surface area (Å²) in [6, 6.07) is 6.93. The standard InChI is InChI=1S/C12H15N3O2S2/c1-8(13)10-3-5-11(6-4-10)15-19(16,17)12-7-14-9(2)18-12/h3-8,15H,13H2,1-2H3. The van der Waals surface area contributed by atoms with E-state index >= 15 is 0 Å². The maximum Gasteiger partial charge on any atom is 0.273 e. The Morgan fingerprint density at radius 3 is 2.42 bits per heavy atom. The molecule has 19 heavy (non-hydrogen) atoms. The number of anilines is 1. The van der Waals surface area contributed by atoms with E-state index < -0.39 is 10.0 Å². The lowest BCUT2D eigenvalue weighted by Gasteiger charge is -2.08. The van der Waals surface area contributed by atoms with Gasteiger partial charge in [0.25, 0.3) is 10.0 Å². The lowest BCUT2D eigenvalue weighted by molar-refractivity contribution is 0.603. The maximum absolute atomic E-state index is 12.1. The third-order valence-corrected chi connectivity index (χ3v) is 5.31. The number of nitrogens with one attached hydrogen (secondary N) is 1. The Kier molecular flexibility index (Phi) is 3.88. The SMILES string of the molecule is Cc1ncc(S(=O)(=O)Nc2ccc(C(C)N)cc2)s1. The molecule has 1 atom stereocenters. The number of rotatable bonds is 4. The highest BCUT2D eigenvalue weighted by atomic mass is 32.2. The first kappa shape index (κ1) is 14.0. The summed E-state index contributed by atoms with van der Waals surface area (Å²) in [4.78, 5) is 3.94. The van der Waals surface area contributed by atoms with Crippen LogP contribution in [-0.2, 0) is 10.0 Å². The fourth-order valence-electron chi connectivity index (χ4n) is 1.53. The van der Waals surface area contributed by atoms with Gasteiger partial charge in [0.15, 0.2) is 4.21 Å². The number of aryl methyl sites for hydroxylation is 1. The minimum absolute atomic E-state index is 0.0743. The average Bonchev–Trinajstić information content (AvgIpc) is 2.77. The van der Waals surface area contributed by atoms with Crippen LogP contribution in [0.4, 0.5) is 5.69 Å². The Hall–Kier alpha value is -1.44. The third kappa shape index (κ3) is 3.31. The van der Waals surface area contributed by atoms with Gasteiger partial charge >= 0.3 is 0 Å². The number of sulfonamides is 1. The van der Waals surface area contributed by atoms with Crippen molar-refractivity contribution in [3.8, 4) is 0 Å². The Balaban J connectivity index is 2.21. The van der Waals surface area contributed by atoms with Crippen molar-refractivity contribution in [3.05, 3.63) is 41.0 Å². The molecule has 2 rings (SSSR count). The third-order valence-electron chi connectivity index (χ3n) is 2.55. The van der Waals surface area contributed by atoms with Crippen LogP contribution in [0.25, 0.3) is 0 Å². The van der Waals surface area contributed by atoms with Crippen LogP contribution >= 0.6 is 11.3 Å². The Morgan fingerprint density at radius 2 is 1.95 bits per heavy atom. The van der Waals surface area contributed by atoms with Gasteiger partial charge in [0, 0.05) is 11.7 Å². The molecule has 0 fully saturated rings. The predicted molar refractivity (Wildman–Crippen MR) is 76.7 cm³/mol. The molecule has 0 bridgehead atoms. The first-order valence-electron chi connectivity index (χ1n) is 5.69. The first-order chi connectivity index (χ1) is 8.88. The Bertz CT molecular complexity index is 661. The monoisotopic (exact) mass is 297 g/mol. The molecule has 0 aliphatic heterocycles. The second-order valence-electron chi connectivity index (χ2n) is 4.21. The van der Waals surface area contributed by atoms with E-state index in [9.17, 15) is 8.42 Å². The van der Waals surface area contributed by atoms with Crippen molar-refractivity contribution in [2.24, 2.45) is 5.73 Å². The summed E-state index contributed by atoms with van der Waals surface area (Å²) < 4.78 is 26.9. The van der Waals surface area contributed by atoms with E-state index in [-0.39, 0.29) is 10.3 Å². The second kappa shape index (κ2) is 5.28. The van der Waals surface area contributed by atoms with Gasteiger partial charge in [0.2, 0.25) is 0 Å². The zero-order chi connectivity index (χ0) is 14.0. The van der Waals surface area contributed by atoms with Crippen molar-refractivity contribution < 1.29 is 8.42 Å². The summed E-state index contributed by atoms with van der Waals surface area (Å²) in [5, 5.41) is 0.715. The molecule has 3 N–H and O–H groups in total. The van der Waals surface area contributed by atoms with E-state index in [1.165, 1.54) is 6.20 Å². The Labute approximate surface area is 116 Å². The molecule has 0 radical (unpaired) electrons. The Morgan fingerprint density at radius 1 is 1.32 bits per heavy atom. The van der Waals surface area contributed by atoms with E-state index in [0.29, 0.717) is 10.7 Å². The van der Waals surface area contributed by atoms with Gasteiger partial charge in [0.1, 0.15) is 0 Å². The van der Waals surface area contributed by atoms with Crippen molar-refractivity contribution in [1.82, 2.24) is 4.98 Å². The summed E-state index contributed by atoms with van der Waals surface area (Å²) in [5.41, 5.74) is 7.20. The molecule has 0 aliphatic rings. The molecule has 1 heterocycles. The molecule has 102 valence electrons. The van der Waals surface area contributed by atoms with Crippen LogP contribution in [0.1, 0.15) is 23.5 Å². The van der Waals surface area contributed by atoms with Crippen molar-refractivity contribution in [3.63, 3.8) is 0 Å². The van der Waals surface area contributed by atoms with E-state index in [1.807, 2.05) is 6.92 Å². The highest BCUT2D eigenvalue weighted by molar-refractivity contribution is 7.94. The van der Waals surface area contributed by atoms with Crippen LogP contribution in [-0.4, -0.2) is 13.4 Å². The average molecular weight is 297 g/mol. The number of thiazole rings is 1. The molecule has 0 saturated heterocycles. The zero-order valence-electron chi connectivity index (χ0n) is 10.6. The molecule has 1 unspecified atom stereocenters. The summed E-state index contributed by atoms with van der Waals surface area (Å²) in [5.74, 6) is 0. The molecular weight excluding hydrogens is 282 g/mol. The molecule has 0 spiro atoms. The van der Waals surface area contributed by atoms with Gasteiger partial charge in [-0.25, -0.2) is 13.4 Å². The molecule has 5 nitrogen and oxygen atoms in total. The number of nitrogens with zero attached hydrogens (tertiary/aromatic N) is 1. The number of benzene rings is 1. The lowest BCUT2D eigenvalue weighted by atomic mass is 10.1. The zero-order valence-corrected chi connectivity index (χ0v) is 12.3. The fourth-order valence-corrected chi connectivity index (χ4v) is 3.69. The van der Waals surface area contributed by atoms with E-state index in [4.69, 9.17) is 5.73 Å². The lowest BCUT2D eigenvalue weighted by Crippen LogP contribution is -2.11. The van der Waals surface area contributed by atoms with E-state index in [1.54, 1.807) is 31.2 Å². The summed E-state index contributed by atoms with van der Waals surface area (Å²) >= 11 is 1.14. The maximum atomic E-state index is 12.1. The summed E-state index contributed by atoms with van der Waals surface area (Å²) in [6.07, 6.45) is 1.36. The number of hydrogen-bond donors (Lipinski definition) is 2. The van der Waals surface area contributed by atoms with Crippen molar-refractivity contribution >= 4 is 27.0 Å². The minimum atomic E-state index is -3.55. The smallest absolute Gasteiger partial charge is 0.273 e. The predicted octanol–water partition coefficient (Wildman–Crippen LogP) is 2.27. The number of hydrogen-bond acceptors (Lipinski definition) is 5. The van der Waals surface area contributed by atoms with Crippen LogP contribution in [0.2, 0.25) is 0 Å². The molecule has 7 heteroatoms. The van der Waals surface area contributed by atoms with Gasteiger partial charge in [-0.2, -0.15) is 0 Å². The van der Waals surface area contributed by atoms with Crippen LogP contribution in [0, 0.1) is 6.92 Å². The summed E-state index contributed by atoms with van der Waals surface area (Å²) in [6.45, 7) is 3.64. The molecule has 1 aromatic carbocycles. The fraction of sp³-hybridized carbons (Fsp3) is 0.250. The molecule has 1 aromatic heterocycles. The van der Waals surface area contributed by atoms with Gasteiger partial charge in [-0.1, -0.05) is 12.1 Å². The van der Waals surface area contributed by atoms with Crippen molar-refractivity contribution in [1.29, 1.82) is 0 Å². The van der Waals surface area contributed by atoms with Gasteiger partial charge in [-0.05, 0) is 31.5 Å². The van der Waals surface area contributed by atoms with Crippen molar-refractivity contribution in [2.45, 2.75) is 24.1 Å².